The van der Waals surface area contributed by atoms with E-state index in [4.69, 9.17) is 5.73 Å². The second-order valence-electron chi connectivity index (χ2n) is 6.00. The van der Waals surface area contributed by atoms with E-state index in [0.717, 1.165) is 11.9 Å². The molecular formula is C16H22N4. The SMILES string of the molecule is CC(C)CC1C(N)NNC1c1cccc2ncccc12. The van der Waals surface area contributed by atoms with Gasteiger partial charge in [0.15, 0.2) is 0 Å². The number of hydrogen-bond acceptors (Lipinski definition) is 4. The van der Waals surface area contributed by atoms with E-state index < -0.39 is 0 Å². The number of nitrogens with one attached hydrogen (secondary N) is 2. The van der Waals surface area contributed by atoms with Crippen LogP contribution in [0, 0.1) is 11.8 Å². The molecule has 1 aliphatic rings. The molecule has 2 aromatic rings. The van der Waals surface area contributed by atoms with E-state index in [1.54, 1.807) is 0 Å². The molecule has 0 saturated carbocycles. The van der Waals surface area contributed by atoms with E-state index in [0.29, 0.717) is 11.8 Å². The number of aromatic nitrogens is 1. The summed E-state index contributed by atoms with van der Waals surface area (Å²) in [7, 11) is 0. The number of pyridine rings is 1. The zero-order valence-electron chi connectivity index (χ0n) is 12.0. The Balaban J connectivity index is 2.01. The molecule has 4 heteroatoms. The van der Waals surface area contributed by atoms with Crippen LogP contribution in [0.25, 0.3) is 10.9 Å². The summed E-state index contributed by atoms with van der Waals surface area (Å²) >= 11 is 0. The van der Waals surface area contributed by atoms with Gasteiger partial charge < -0.3 is 5.73 Å². The van der Waals surface area contributed by atoms with Crippen LogP contribution in [-0.2, 0) is 0 Å². The van der Waals surface area contributed by atoms with E-state index in [9.17, 15) is 0 Å². The molecule has 0 bridgehead atoms. The zero-order chi connectivity index (χ0) is 14.1. The Hall–Kier alpha value is -1.49. The Morgan fingerprint density at radius 3 is 2.85 bits per heavy atom. The van der Waals surface area contributed by atoms with Crippen LogP contribution in [0.15, 0.2) is 36.5 Å². The second kappa shape index (κ2) is 5.48. The van der Waals surface area contributed by atoms with Gasteiger partial charge in [0.1, 0.15) is 0 Å². The molecule has 2 heterocycles. The molecule has 3 unspecified atom stereocenters. The molecule has 0 aliphatic carbocycles. The number of benzene rings is 1. The summed E-state index contributed by atoms with van der Waals surface area (Å²) in [6.45, 7) is 4.49. The predicted octanol–water partition coefficient (Wildman–Crippen LogP) is 2.33. The van der Waals surface area contributed by atoms with Crippen molar-refractivity contribution in [1.82, 2.24) is 15.8 Å². The summed E-state index contributed by atoms with van der Waals surface area (Å²) in [4.78, 5) is 4.44. The van der Waals surface area contributed by atoms with Crippen molar-refractivity contribution in [2.45, 2.75) is 32.5 Å². The molecule has 0 amide bonds. The number of hydrogen-bond donors (Lipinski definition) is 3. The summed E-state index contributed by atoms with van der Waals surface area (Å²) < 4.78 is 0. The molecule has 3 atom stereocenters. The molecule has 1 fully saturated rings. The zero-order valence-corrected chi connectivity index (χ0v) is 12.0. The van der Waals surface area contributed by atoms with Crippen molar-refractivity contribution in [2.75, 3.05) is 0 Å². The summed E-state index contributed by atoms with van der Waals surface area (Å²) in [6.07, 6.45) is 2.93. The van der Waals surface area contributed by atoms with Crippen LogP contribution in [0.4, 0.5) is 0 Å². The second-order valence-corrected chi connectivity index (χ2v) is 6.00. The lowest BCUT2D eigenvalue weighted by Gasteiger charge is -2.23. The summed E-state index contributed by atoms with van der Waals surface area (Å²) in [6, 6.07) is 10.7. The first-order chi connectivity index (χ1) is 9.66. The van der Waals surface area contributed by atoms with Crippen LogP contribution < -0.4 is 16.6 Å². The van der Waals surface area contributed by atoms with Gasteiger partial charge in [0.05, 0.1) is 17.7 Å². The molecule has 4 N–H and O–H groups in total. The van der Waals surface area contributed by atoms with Crippen molar-refractivity contribution >= 4 is 10.9 Å². The molecular weight excluding hydrogens is 248 g/mol. The fourth-order valence-electron chi connectivity index (χ4n) is 3.14. The lowest BCUT2D eigenvalue weighted by Crippen LogP contribution is -2.39. The van der Waals surface area contributed by atoms with Crippen molar-refractivity contribution in [3.05, 3.63) is 42.1 Å². The highest BCUT2D eigenvalue weighted by molar-refractivity contribution is 5.82. The van der Waals surface area contributed by atoms with Crippen LogP contribution in [0.2, 0.25) is 0 Å². The van der Waals surface area contributed by atoms with Gasteiger partial charge >= 0.3 is 0 Å². The van der Waals surface area contributed by atoms with Gasteiger partial charge in [0.2, 0.25) is 0 Å². The molecule has 1 aromatic carbocycles. The topological polar surface area (TPSA) is 63.0 Å². The first-order valence-corrected chi connectivity index (χ1v) is 7.27. The van der Waals surface area contributed by atoms with E-state index >= 15 is 0 Å². The number of hydrazine groups is 1. The van der Waals surface area contributed by atoms with Crippen LogP contribution in [0.5, 0.6) is 0 Å². The smallest absolute Gasteiger partial charge is 0.0726 e. The van der Waals surface area contributed by atoms with Crippen molar-refractivity contribution in [3.63, 3.8) is 0 Å². The lowest BCUT2D eigenvalue weighted by atomic mass is 9.85. The maximum absolute atomic E-state index is 6.21. The quantitative estimate of drug-likeness (QED) is 0.801. The Morgan fingerprint density at radius 2 is 2.05 bits per heavy atom. The van der Waals surface area contributed by atoms with Crippen LogP contribution >= 0.6 is 0 Å². The standard InChI is InChI=1S/C16H22N4/c1-10(2)9-13-15(19-20-16(13)17)12-5-3-7-14-11(12)6-4-8-18-14/h3-8,10,13,15-16,19-20H,9,17H2,1-2H3. The fraction of sp³-hybridized carbons (Fsp3) is 0.438. The molecule has 0 radical (unpaired) electrons. The van der Waals surface area contributed by atoms with Gasteiger partial charge in [-0.15, -0.1) is 0 Å². The number of fused-ring (bicyclic) bond motifs is 1. The van der Waals surface area contributed by atoms with Crippen molar-refractivity contribution in [2.24, 2.45) is 17.6 Å². The predicted molar refractivity (Wildman–Crippen MR) is 81.7 cm³/mol. The maximum Gasteiger partial charge on any atom is 0.0726 e. The van der Waals surface area contributed by atoms with E-state index in [1.165, 1.54) is 10.9 Å². The summed E-state index contributed by atoms with van der Waals surface area (Å²) in [5, 5.41) is 1.21. The first-order valence-electron chi connectivity index (χ1n) is 7.27. The van der Waals surface area contributed by atoms with E-state index in [-0.39, 0.29) is 12.2 Å². The minimum absolute atomic E-state index is 0.00525. The molecule has 1 saturated heterocycles. The summed E-state index contributed by atoms with van der Waals surface area (Å²) in [5.74, 6) is 1.02. The average molecular weight is 270 g/mol. The third kappa shape index (κ3) is 2.42. The van der Waals surface area contributed by atoms with Gasteiger partial charge in [0, 0.05) is 17.5 Å². The van der Waals surface area contributed by atoms with Crippen LogP contribution in [0.1, 0.15) is 31.9 Å². The number of nitrogens with zero attached hydrogens (tertiary/aromatic N) is 1. The molecule has 106 valence electrons. The van der Waals surface area contributed by atoms with E-state index in [1.807, 2.05) is 12.3 Å². The van der Waals surface area contributed by atoms with Crippen molar-refractivity contribution in [3.8, 4) is 0 Å². The maximum atomic E-state index is 6.21. The Labute approximate surface area is 119 Å². The highest BCUT2D eigenvalue weighted by Gasteiger charge is 2.35. The van der Waals surface area contributed by atoms with Crippen LogP contribution in [-0.4, -0.2) is 11.1 Å². The fourth-order valence-corrected chi connectivity index (χ4v) is 3.14. The van der Waals surface area contributed by atoms with Gasteiger partial charge in [-0.05, 0) is 30.0 Å². The largest absolute Gasteiger partial charge is 0.315 e. The van der Waals surface area contributed by atoms with Crippen molar-refractivity contribution < 1.29 is 0 Å². The Bertz CT molecular complexity index is 591. The van der Waals surface area contributed by atoms with Crippen molar-refractivity contribution in [1.29, 1.82) is 0 Å². The molecule has 1 aromatic heterocycles. The normalized spacial score (nSPS) is 26.5. The monoisotopic (exact) mass is 270 g/mol. The number of rotatable bonds is 3. The lowest BCUT2D eigenvalue weighted by molar-refractivity contribution is 0.345. The minimum atomic E-state index is -0.00525. The average Bonchev–Trinajstić information content (AvgIpc) is 2.79. The van der Waals surface area contributed by atoms with Gasteiger partial charge in [-0.25, -0.2) is 10.9 Å². The highest BCUT2D eigenvalue weighted by Crippen LogP contribution is 2.34. The molecule has 3 rings (SSSR count). The van der Waals surface area contributed by atoms with Gasteiger partial charge in [0.25, 0.3) is 0 Å². The Morgan fingerprint density at radius 1 is 1.20 bits per heavy atom. The third-order valence-corrected chi connectivity index (χ3v) is 4.05. The molecule has 1 aliphatic heterocycles. The number of nitrogens with two attached hydrogens (primary N) is 1. The van der Waals surface area contributed by atoms with E-state index in [2.05, 4.69) is 53.9 Å². The van der Waals surface area contributed by atoms with Gasteiger partial charge in [-0.2, -0.15) is 0 Å². The van der Waals surface area contributed by atoms with Gasteiger partial charge in [-0.1, -0.05) is 32.0 Å². The Kier molecular flexibility index (Phi) is 3.70. The van der Waals surface area contributed by atoms with Gasteiger partial charge in [-0.3, -0.25) is 4.98 Å². The highest BCUT2D eigenvalue weighted by atomic mass is 15.5. The summed E-state index contributed by atoms with van der Waals surface area (Å²) in [5.41, 5.74) is 15.1. The molecule has 4 nitrogen and oxygen atoms in total. The molecule has 0 spiro atoms. The first kappa shape index (κ1) is 13.5. The third-order valence-electron chi connectivity index (χ3n) is 4.05. The van der Waals surface area contributed by atoms with Crippen LogP contribution in [0.3, 0.4) is 0 Å². The molecule has 20 heavy (non-hydrogen) atoms. The minimum Gasteiger partial charge on any atom is -0.315 e.